The van der Waals surface area contributed by atoms with Crippen LogP contribution >= 0.6 is 11.3 Å². The molecule has 0 amide bonds. The van der Waals surface area contributed by atoms with Crippen LogP contribution in [0.3, 0.4) is 0 Å². The van der Waals surface area contributed by atoms with Crippen LogP contribution in [0.25, 0.3) is 0 Å². The Kier molecular flexibility index (Phi) is 4.05. The molecule has 2 aromatic heterocycles. The third-order valence-electron chi connectivity index (χ3n) is 4.02. The van der Waals surface area contributed by atoms with Crippen molar-refractivity contribution in [2.45, 2.75) is 33.2 Å². The molecule has 3 rings (SSSR count). The molecule has 0 saturated carbocycles. The molecule has 6 heteroatoms. The Morgan fingerprint density at radius 2 is 2.10 bits per heavy atom. The van der Waals surface area contributed by atoms with Gasteiger partial charge in [-0.05, 0) is 32.6 Å². The van der Waals surface area contributed by atoms with E-state index in [9.17, 15) is 4.79 Å². The highest BCUT2D eigenvalue weighted by molar-refractivity contribution is 7.13. The van der Waals surface area contributed by atoms with Crippen molar-refractivity contribution in [3.05, 3.63) is 39.5 Å². The molecule has 112 valence electrons. The average Bonchev–Trinajstić information content (AvgIpc) is 2.91. The molecule has 2 aromatic rings. The number of aromatic nitrogens is 3. The average molecular weight is 304 g/mol. The first kappa shape index (κ1) is 14.3. The molecule has 0 spiro atoms. The lowest BCUT2D eigenvalue weighted by Crippen LogP contribution is -2.36. The molecule has 0 atom stereocenters. The van der Waals surface area contributed by atoms with Crippen molar-refractivity contribution >= 4 is 16.5 Å². The van der Waals surface area contributed by atoms with Crippen LogP contribution in [0.2, 0.25) is 0 Å². The van der Waals surface area contributed by atoms with Gasteiger partial charge in [0.15, 0.2) is 5.13 Å². The smallest absolute Gasteiger partial charge is 0.256 e. The van der Waals surface area contributed by atoms with Crippen molar-refractivity contribution in [1.29, 1.82) is 0 Å². The van der Waals surface area contributed by atoms with Gasteiger partial charge in [0.05, 0.1) is 12.0 Å². The van der Waals surface area contributed by atoms with E-state index in [0.29, 0.717) is 11.5 Å². The number of nitrogens with zero attached hydrogens (tertiary/aromatic N) is 4. The standard InChI is InChI=1S/C15H20N4OS/c1-11-7-16-10-19(14(11)20)8-13-3-5-18(6-4-13)15-17-12(2)9-21-15/h7,9-10,13H,3-6,8H2,1-2H3. The van der Waals surface area contributed by atoms with Crippen molar-refractivity contribution in [3.63, 3.8) is 0 Å². The Hall–Kier alpha value is -1.69. The minimum absolute atomic E-state index is 0.0861. The molecule has 1 fully saturated rings. The summed E-state index contributed by atoms with van der Waals surface area (Å²) >= 11 is 1.72. The Morgan fingerprint density at radius 3 is 2.76 bits per heavy atom. The highest BCUT2D eigenvalue weighted by Crippen LogP contribution is 2.26. The Labute approximate surface area is 128 Å². The van der Waals surface area contributed by atoms with Crippen LogP contribution in [-0.2, 0) is 6.54 Å². The lowest BCUT2D eigenvalue weighted by molar-refractivity contribution is 0.350. The zero-order valence-corrected chi connectivity index (χ0v) is 13.3. The van der Waals surface area contributed by atoms with Crippen molar-refractivity contribution in [1.82, 2.24) is 14.5 Å². The van der Waals surface area contributed by atoms with Crippen LogP contribution in [0.15, 0.2) is 22.7 Å². The molecule has 5 nitrogen and oxygen atoms in total. The number of anilines is 1. The predicted molar refractivity (Wildman–Crippen MR) is 85.0 cm³/mol. The van der Waals surface area contributed by atoms with Gasteiger partial charge in [0.1, 0.15) is 0 Å². The second-order valence-electron chi connectivity index (χ2n) is 5.74. The fourth-order valence-corrected chi connectivity index (χ4v) is 3.62. The van der Waals surface area contributed by atoms with Crippen LogP contribution < -0.4 is 10.5 Å². The zero-order chi connectivity index (χ0) is 14.8. The number of hydrogen-bond donors (Lipinski definition) is 0. The van der Waals surface area contributed by atoms with Crippen LogP contribution in [0.4, 0.5) is 5.13 Å². The van der Waals surface area contributed by atoms with Gasteiger partial charge < -0.3 is 4.90 Å². The Morgan fingerprint density at radius 1 is 1.33 bits per heavy atom. The van der Waals surface area contributed by atoms with E-state index in [4.69, 9.17) is 0 Å². The highest BCUT2D eigenvalue weighted by atomic mass is 32.1. The summed E-state index contributed by atoms with van der Waals surface area (Å²) < 4.78 is 1.75. The summed E-state index contributed by atoms with van der Waals surface area (Å²) in [5.74, 6) is 0.545. The van der Waals surface area contributed by atoms with E-state index in [1.807, 2.05) is 13.8 Å². The van der Waals surface area contributed by atoms with Crippen molar-refractivity contribution < 1.29 is 0 Å². The van der Waals surface area contributed by atoms with Gasteiger partial charge in [-0.25, -0.2) is 9.97 Å². The monoisotopic (exact) mass is 304 g/mol. The molecule has 0 N–H and O–H groups in total. The number of hydrogen-bond acceptors (Lipinski definition) is 5. The zero-order valence-electron chi connectivity index (χ0n) is 12.5. The van der Waals surface area contributed by atoms with Gasteiger partial charge >= 0.3 is 0 Å². The van der Waals surface area contributed by atoms with Gasteiger partial charge in [-0.2, -0.15) is 0 Å². The van der Waals surface area contributed by atoms with E-state index in [2.05, 4.69) is 20.2 Å². The predicted octanol–water partition coefficient (Wildman–Crippen LogP) is 2.23. The molecule has 3 heterocycles. The first-order chi connectivity index (χ1) is 10.1. The van der Waals surface area contributed by atoms with Crippen LogP contribution in [-0.4, -0.2) is 27.6 Å². The first-order valence-corrected chi connectivity index (χ1v) is 8.19. The van der Waals surface area contributed by atoms with Crippen LogP contribution in [0.5, 0.6) is 0 Å². The van der Waals surface area contributed by atoms with Crippen molar-refractivity contribution in [2.75, 3.05) is 18.0 Å². The summed E-state index contributed by atoms with van der Waals surface area (Å²) in [6.07, 6.45) is 5.48. The topological polar surface area (TPSA) is 51.0 Å². The fourth-order valence-electron chi connectivity index (χ4n) is 2.76. The SMILES string of the molecule is Cc1csc(N2CCC(Cn3cncc(C)c3=O)CC2)n1. The molecule has 0 unspecified atom stereocenters. The lowest BCUT2D eigenvalue weighted by atomic mass is 9.97. The maximum absolute atomic E-state index is 12.0. The molecular weight excluding hydrogens is 284 g/mol. The van der Waals surface area contributed by atoms with Crippen LogP contribution in [0, 0.1) is 19.8 Å². The molecular formula is C15H20N4OS. The third kappa shape index (κ3) is 3.15. The summed E-state index contributed by atoms with van der Waals surface area (Å²) in [4.78, 5) is 23.1. The second kappa shape index (κ2) is 5.97. The van der Waals surface area contributed by atoms with Gasteiger partial charge in [-0.1, -0.05) is 0 Å². The maximum Gasteiger partial charge on any atom is 0.256 e. The minimum atomic E-state index is 0.0861. The second-order valence-corrected chi connectivity index (χ2v) is 6.57. The Bertz CT molecular complexity index is 670. The lowest BCUT2D eigenvalue weighted by Gasteiger charge is -2.31. The van der Waals surface area contributed by atoms with Crippen molar-refractivity contribution in [3.8, 4) is 0 Å². The number of piperidine rings is 1. The molecule has 0 bridgehead atoms. The van der Waals surface area contributed by atoms with Gasteiger partial charge in [-0.3, -0.25) is 9.36 Å². The van der Waals surface area contributed by atoms with Crippen molar-refractivity contribution in [2.24, 2.45) is 5.92 Å². The minimum Gasteiger partial charge on any atom is -0.348 e. The van der Waals surface area contributed by atoms with E-state index in [0.717, 1.165) is 43.3 Å². The van der Waals surface area contributed by atoms with E-state index in [1.54, 1.807) is 28.4 Å². The molecule has 1 saturated heterocycles. The number of rotatable bonds is 3. The molecule has 0 aromatic carbocycles. The Balaban J connectivity index is 1.61. The molecule has 0 radical (unpaired) electrons. The number of thiazole rings is 1. The molecule has 21 heavy (non-hydrogen) atoms. The van der Waals surface area contributed by atoms with Gasteiger partial charge in [0.2, 0.25) is 0 Å². The first-order valence-electron chi connectivity index (χ1n) is 7.31. The summed E-state index contributed by atoms with van der Waals surface area (Å²) in [5, 5.41) is 3.22. The van der Waals surface area contributed by atoms with E-state index in [1.165, 1.54) is 0 Å². The van der Waals surface area contributed by atoms with Crippen LogP contribution in [0.1, 0.15) is 24.1 Å². The van der Waals surface area contributed by atoms with Gasteiger partial charge in [0, 0.05) is 36.8 Å². The van der Waals surface area contributed by atoms with Gasteiger partial charge in [0.25, 0.3) is 5.56 Å². The fraction of sp³-hybridized carbons (Fsp3) is 0.533. The maximum atomic E-state index is 12.0. The number of aryl methyl sites for hydroxylation is 2. The third-order valence-corrected chi connectivity index (χ3v) is 5.04. The van der Waals surface area contributed by atoms with E-state index < -0.39 is 0 Å². The van der Waals surface area contributed by atoms with E-state index >= 15 is 0 Å². The van der Waals surface area contributed by atoms with Gasteiger partial charge in [-0.15, -0.1) is 11.3 Å². The molecule has 1 aliphatic rings. The van der Waals surface area contributed by atoms with E-state index in [-0.39, 0.29) is 5.56 Å². The quantitative estimate of drug-likeness (QED) is 0.872. The largest absolute Gasteiger partial charge is 0.348 e. The summed E-state index contributed by atoms with van der Waals surface area (Å²) in [6.45, 7) is 6.67. The summed E-state index contributed by atoms with van der Waals surface area (Å²) in [6, 6.07) is 0. The summed E-state index contributed by atoms with van der Waals surface area (Å²) in [5.41, 5.74) is 1.89. The molecule has 1 aliphatic heterocycles. The molecule has 0 aliphatic carbocycles. The summed E-state index contributed by atoms with van der Waals surface area (Å²) in [7, 11) is 0. The highest BCUT2D eigenvalue weighted by Gasteiger charge is 2.21. The normalized spacial score (nSPS) is 16.4.